The second kappa shape index (κ2) is 4.72. The molecule has 0 unspecified atom stereocenters. The fourth-order valence-electron chi connectivity index (χ4n) is 1.17. The third kappa shape index (κ3) is 2.29. The van der Waals surface area contributed by atoms with Crippen LogP contribution in [0.5, 0.6) is 0 Å². The second-order valence-electron chi connectivity index (χ2n) is 2.68. The van der Waals surface area contributed by atoms with Crippen LogP contribution >= 0.6 is 11.6 Å². The molecule has 1 aromatic carbocycles. The van der Waals surface area contributed by atoms with E-state index in [4.69, 9.17) is 22.5 Å². The van der Waals surface area contributed by atoms with Crippen molar-refractivity contribution in [3.05, 3.63) is 29.3 Å². The van der Waals surface area contributed by atoms with Crippen molar-refractivity contribution in [3.63, 3.8) is 0 Å². The normalized spacial score (nSPS) is 11.4. The number of hydrogen-bond donors (Lipinski definition) is 2. The minimum absolute atomic E-state index is 0.0507. The summed E-state index contributed by atoms with van der Waals surface area (Å²) >= 11 is 5.82. The fourth-order valence-corrected chi connectivity index (χ4v) is 1.36. The van der Waals surface area contributed by atoms with Crippen LogP contribution in [0.15, 0.2) is 29.4 Å². The Hall–Kier alpha value is -1.42. The first-order valence-corrected chi connectivity index (χ1v) is 4.57. The van der Waals surface area contributed by atoms with Gasteiger partial charge in [0.25, 0.3) is 0 Å². The summed E-state index contributed by atoms with van der Waals surface area (Å²) in [5, 5.41) is 12.1. The van der Waals surface area contributed by atoms with Crippen LogP contribution in [0.25, 0.3) is 0 Å². The van der Waals surface area contributed by atoms with Gasteiger partial charge in [0.05, 0.1) is 0 Å². The fraction of sp³-hybridized carbons (Fsp3) is 0.222. The highest BCUT2D eigenvalue weighted by atomic mass is 35.5. The largest absolute Gasteiger partial charge is 0.408 e. The van der Waals surface area contributed by atoms with E-state index in [-0.39, 0.29) is 5.96 Å². The van der Waals surface area contributed by atoms with Gasteiger partial charge in [0, 0.05) is 17.3 Å². The van der Waals surface area contributed by atoms with E-state index in [1.165, 1.54) is 0 Å². The van der Waals surface area contributed by atoms with E-state index >= 15 is 0 Å². The molecule has 0 radical (unpaired) electrons. The number of oxime groups is 1. The van der Waals surface area contributed by atoms with Crippen molar-refractivity contribution in [1.82, 2.24) is 0 Å². The molecule has 0 aliphatic carbocycles. The smallest absolute Gasteiger partial charge is 0.237 e. The van der Waals surface area contributed by atoms with Crippen LogP contribution in [-0.4, -0.2) is 17.7 Å². The zero-order valence-electron chi connectivity index (χ0n) is 7.81. The molecule has 0 aromatic heterocycles. The number of halogens is 1. The van der Waals surface area contributed by atoms with Crippen molar-refractivity contribution < 1.29 is 5.21 Å². The van der Waals surface area contributed by atoms with Crippen LogP contribution in [0.1, 0.15) is 6.92 Å². The number of rotatable bonds is 2. The maximum atomic E-state index is 8.56. The van der Waals surface area contributed by atoms with Crippen LogP contribution in [0.3, 0.4) is 0 Å². The molecule has 4 nitrogen and oxygen atoms in total. The van der Waals surface area contributed by atoms with Gasteiger partial charge in [-0.3, -0.25) is 0 Å². The summed E-state index contributed by atoms with van der Waals surface area (Å²) in [6, 6.07) is 7.17. The van der Waals surface area contributed by atoms with Crippen molar-refractivity contribution in [3.8, 4) is 0 Å². The third-order valence-electron chi connectivity index (χ3n) is 1.82. The quantitative estimate of drug-likeness (QED) is 0.341. The van der Waals surface area contributed by atoms with Gasteiger partial charge < -0.3 is 15.8 Å². The molecule has 0 saturated heterocycles. The number of nitrogens with two attached hydrogens (primary N) is 1. The Kier molecular flexibility index (Phi) is 3.59. The minimum Gasteiger partial charge on any atom is -0.408 e. The van der Waals surface area contributed by atoms with E-state index in [0.29, 0.717) is 11.6 Å². The molecule has 76 valence electrons. The maximum Gasteiger partial charge on any atom is 0.237 e. The average molecular weight is 214 g/mol. The van der Waals surface area contributed by atoms with Crippen molar-refractivity contribution in [2.45, 2.75) is 6.92 Å². The predicted octanol–water partition coefficient (Wildman–Crippen LogP) is 1.87. The SMILES string of the molecule is CCN(/C(N)=N/O)c1cccc(Cl)c1. The molecular formula is C9H12ClN3O. The molecular weight excluding hydrogens is 202 g/mol. The number of nitrogens with zero attached hydrogens (tertiary/aromatic N) is 2. The van der Waals surface area contributed by atoms with Crippen LogP contribution in [0.2, 0.25) is 5.02 Å². The van der Waals surface area contributed by atoms with Crippen LogP contribution < -0.4 is 10.6 Å². The maximum absolute atomic E-state index is 8.56. The zero-order chi connectivity index (χ0) is 10.6. The minimum atomic E-state index is 0.0507. The molecule has 0 spiro atoms. The zero-order valence-corrected chi connectivity index (χ0v) is 8.57. The van der Waals surface area contributed by atoms with Crippen molar-refractivity contribution in [2.75, 3.05) is 11.4 Å². The molecule has 1 rings (SSSR count). The molecule has 1 aromatic rings. The number of anilines is 1. The summed E-state index contributed by atoms with van der Waals surface area (Å²) in [4.78, 5) is 1.64. The molecule has 0 amide bonds. The summed E-state index contributed by atoms with van der Waals surface area (Å²) in [5.41, 5.74) is 6.29. The predicted molar refractivity (Wildman–Crippen MR) is 57.9 cm³/mol. The molecule has 0 bridgehead atoms. The molecule has 0 fully saturated rings. The topological polar surface area (TPSA) is 61.8 Å². The Morgan fingerprint density at radius 3 is 2.86 bits per heavy atom. The Labute approximate surface area is 87.6 Å². The van der Waals surface area contributed by atoms with E-state index in [2.05, 4.69) is 5.16 Å². The molecule has 3 N–H and O–H groups in total. The summed E-state index contributed by atoms with van der Waals surface area (Å²) in [6.45, 7) is 2.51. The number of guanidine groups is 1. The number of hydrogen-bond acceptors (Lipinski definition) is 2. The van der Waals surface area contributed by atoms with Gasteiger partial charge >= 0.3 is 0 Å². The van der Waals surface area contributed by atoms with Gasteiger partial charge in [-0.25, -0.2) is 0 Å². The molecule has 0 heterocycles. The van der Waals surface area contributed by atoms with Crippen LogP contribution in [0, 0.1) is 0 Å². The highest BCUT2D eigenvalue weighted by Crippen LogP contribution is 2.18. The highest BCUT2D eigenvalue weighted by Gasteiger charge is 2.08. The Bertz CT molecular complexity index is 341. The van der Waals surface area contributed by atoms with Gasteiger partial charge in [0.1, 0.15) is 0 Å². The van der Waals surface area contributed by atoms with Crippen molar-refractivity contribution in [2.24, 2.45) is 10.9 Å². The van der Waals surface area contributed by atoms with E-state index in [0.717, 1.165) is 5.69 Å². The highest BCUT2D eigenvalue weighted by molar-refractivity contribution is 6.30. The van der Waals surface area contributed by atoms with E-state index in [9.17, 15) is 0 Å². The Morgan fingerprint density at radius 2 is 2.36 bits per heavy atom. The molecule has 0 aliphatic heterocycles. The van der Waals surface area contributed by atoms with Gasteiger partial charge in [-0.1, -0.05) is 22.8 Å². The molecule has 14 heavy (non-hydrogen) atoms. The van der Waals surface area contributed by atoms with Crippen molar-refractivity contribution in [1.29, 1.82) is 0 Å². The standard InChI is InChI=1S/C9H12ClN3O/c1-2-13(9(11)12-14)8-5-3-4-7(10)6-8/h3-6,14H,2H2,1H3,(H2,11,12). The van der Waals surface area contributed by atoms with E-state index < -0.39 is 0 Å². The van der Waals surface area contributed by atoms with Crippen LogP contribution in [0.4, 0.5) is 5.69 Å². The average Bonchev–Trinajstić information content (AvgIpc) is 2.19. The Morgan fingerprint density at radius 1 is 1.64 bits per heavy atom. The first-order valence-electron chi connectivity index (χ1n) is 4.19. The monoisotopic (exact) mass is 213 g/mol. The van der Waals surface area contributed by atoms with E-state index in [1.807, 2.05) is 19.1 Å². The van der Waals surface area contributed by atoms with Crippen molar-refractivity contribution >= 4 is 23.2 Å². The first-order chi connectivity index (χ1) is 6.69. The molecule has 0 aliphatic rings. The summed E-state index contributed by atoms with van der Waals surface area (Å²) in [5.74, 6) is 0.0507. The van der Waals surface area contributed by atoms with Gasteiger partial charge in [0.2, 0.25) is 5.96 Å². The second-order valence-corrected chi connectivity index (χ2v) is 3.12. The first kappa shape index (κ1) is 10.7. The van der Waals surface area contributed by atoms with Gasteiger partial charge in [0.15, 0.2) is 0 Å². The van der Waals surface area contributed by atoms with Gasteiger partial charge in [-0.2, -0.15) is 0 Å². The van der Waals surface area contributed by atoms with Gasteiger partial charge in [-0.15, -0.1) is 0 Å². The Balaban J connectivity index is 3.01. The summed E-state index contributed by atoms with van der Waals surface area (Å²) in [7, 11) is 0. The lowest BCUT2D eigenvalue weighted by Gasteiger charge is -2.20. The lowest BCUT2D eigenvalue weighted by molar-refractivity contribution is 0.317. The molecule has 0 saturated carbocycles. The summed E-state index contributed by atoms with van der Waals surface area (Å²) in [6.07, 6.45) is 0. The lowest BCUT2D eigenvalue weighted by atomic mass is 10.3. The van der Waals surface area contributed by atoms with Gasteiger partial charge in [-0.05, 0) is 25.1 Å². The lowest BCUT2D eigenvalue weighted by Crippen LogP contribution is -2.37. The molecule has 5 heteroatoms. The summed E-state index contributed by atoms with van der Waals surface area (Å²) < 4.78 is 0. The van der Waals surface area contributed by atoms with Crippen LogP contribution in [-0.2, 0) is 0 Å². The number of benzene rings is 1. The third-order valence-corrected chi connectivity index (χ3v) is 2.05. The van der Waals surface area contributed by atoms with E-state index in [1.54, 1.807) is 17.0 Å². The molecule has 0 atom stereocenters.